The van der Waals surface area contributed by atoms with Gasteiger partial charge in [-0.3, -0.25) is 0 Å². The topological polar surface area (TPSA) is 57.5 Å². The largest absolute Gasteiger partial charge is 0.465 e. The number of methoxy groups -OCH3 is 2. The van der Waals surface area contributed by atoms with E-state index >= 15 is 0 Å². The van der Waals surface area contributed by atoms with Crippen LogP contribution in [0.2, 0.25) is 0 Å². The van der Waals surface area contributed by atoms with Crippen LogP contribution in [0.15, 0.2) is 109 Å². The first-order chi connectivity index (χ1) is 19.1. The summed E-state index contributed by atoms with van der Waals surface area (Å²) in [7, 11) is 2.63. The Morgan fingerprint density at radius 2 is 1.33 bits per heavy atom. The number of carbonyl (C=O) groups excluding carboxylic acids is 2. The maximum atomic E-state index is 13.1. The molecule has 4 aromatic carbocycles. The Morgan fingerprint density at radius 1 is 0.692 bits per heavy atom. The van der Waals surface area contributed by atoms with Gasteiger partial charge in [-0.1, -0.05) is 84.9 Å². The van der Waals surface area contributed by atoms with Crippen molar-refractivity contribution in [2.75, 3.05) is 14.2 Å². The van der Waals surface area contributed by atoms with Gasteiger partial charge in [-0.05, 0) is 58.0 Å². The van der Waals surface area contributed by atoms with Crippen molar-refractivity contribution in [1.29, 1.82) is 0 Å². The zero-order valence-corrected chi connectivity index (χ0v) is 21.8. The smallest absolute Gasteiger partial charge is 0.355 e. The van der Waals surface area contributed by atoms with Crippen LogP contribution in [0.25, 0.3) is 27.9 Å². The van der Waals surface area contributed by atoms with Crippen LogP contribution >= 0.6 is 0 Å². The minimum absolute atomic E-state index is 0.133. The molecule has 0 spiro atoms. The Bertz CT molecular complexity index is 1690. The number of aromatic nitrogens is 1. The minimum atomic E-state index is -0.611. The van der Waals surface area contributed by atoms with Crippen LogP contribution in [-0.2, 0) is 15.9 Å². The van der Waals surface area contributed by atoms with E-state index in [1.165, 1.54) is 36.5 Å². The van der Waals surface area contributed by atoms with E-state index < -0.39 is 11.9 Å². The third kappa shape index (κ3) is 4.22. The summed E-state index contributed by atoms with van der Waals surface area (Å²) >= 11 is 0. The monoisotopic (exact) mass is 513 g/mol. The van der Waals surface area contributed by atoms with Gasteiger partial charge in [0.05, 0.1) is 14.2 Å². The van der Waals surface area contributed by atoms with E-state index in [1.54, 1.807) is 4.57 Å². The molecule has 39 heavy (non-hydrogen) atoms. The van der Waals surface area contributed by atoms with Crippen molar-refractivity contribution >= 4 is 11.9 Å². The van der Waals surface area contributed by atoms with Gasteiger partial charge in [0.25, 0.3) is 0 Å². The van der Waals surface area contributed by atoms with Crippen LogP contribution in [0.5, 0.6) is 0 Å². The molecular weight excluding hydrogens is 486 g/mol. The van der Waals surface area contributed by atoms with Crippen LogP contribution in [0.4, 0.5) is 0 Å². The number of rotatable bonds is 6. The highest BCUT2D eigenvalue weighted by atomic mass is 16.5. The van der Waals surface area contributed by atoms with E-state index in [1.807, 2.05) is 48.7 Å². The van der Waals surface area contributed by atoms with E-state index in [4.69, 9.17) is 9.47 Å². The highest BCUT2D eigenvalue weighted by molar-refractivity contribution is 6.08. The Kier molecular flexibility index (Phi) is 6.33. The van der Waals surface area contributed by atoms with Crippen LogP contribution in [0.3, 0.4) is 0 Å². The van der Waals surface area contributed by atoms with Gasteiger partial charge in [-0.15, -0.1) is 0 Å². The fraction of sp³-hybridized carbons (Fsp3) is 0.118. The highest BCUT2D eigenvalue weighted by Crippen LogP contribution is 2.48. The van der Waals surface area contributed by atoms with Crippen molar-refractivity contribution < 1.29 is 19.1 Å². The van der Waals surface area contributed by atoms with Crippen molar-refractivity contribution in [3.05, 3.63) is 137 Å². The fourth-order valence-electron chi connectivity index (χ4n) is 5.67. The number of benzene rings is 4. The molecule has 0 fully saturated rings. The van der Waals surface area contributed by atoms with Crippen LogP contribution in [0.1, 0.15) is 43.5 Å². The summed E-state index contributed by atoms with van der Waals surface area (Å²) in [6, 6.07) is 34.7. The van der Waals surface area contributed by atoms with Gasteiger partial charge in [0.1, 0.15) is 11.3 Å². The summed E-state index contributed by atoms with van der Waals surface area (Å²) in [6.45, 7) is 0. The molecule has 0 bridgehead atoms. The number of carbonyl (C=O) groups is 2. The number of nitrogens with zero attached hydrogens (tertiary/aromatic N) is 1. The number of para-hydroxylation sites is 1. The van der Waals surface area contributed by atoms with E-state index in [9.17, 15) is 9.59 Å². The average Bonchev–Trinajstić information content (AvgIpc) is 3.54. The quantitative estimate of drug-likeness (QED) is 0.228. The van der Waals surface area contributed by atoms with Crippen molar-refractivity contribution in [3.63, 3.8) is 0 Å². The molecule has 1 aromatic heterocycles. The summed E-state index contributed by atoms with van der Waals surface area (Å²) in [5.74, 6) is -0.977. The summed E-state index contributed by atoms with van der Waals surface area (Å²) < 4.78 is 12.0. The van der Waals surface area contributed by atoms with Crippen molar-refractivity contribution in [1.82, 2.24) is 4.57 Å². The third-order valence-electron chi connectivity index (χ3n) is 7.46. The second-order valence-corrected chi connectivity index (χ2v) is 9.59. The molecule has 0 aliphatic heterocycles. The number of hydrogen-bond acceptors (Lipinski definition) is 4. The molecule has 0 amide bonds. The molecule has 192 valence electrons. The normalized spacial score (nSPS) is 13.4. The zero-order valence-electron chi connectivity index (χ0n) is 21.8. The minimum Gasteiger partial charge on any atom is -0.465 e. The predicted octanol–water partition coefficient (Wildman–Crippen LogP) is 7.07. The van der Waals surface area contributed by atoms with E-state index in [2.05, 4.69) is 60.7 Å². The number of hydrogen-bond donors (Lipinski definition) is 0. The third-order valence-corrected chi connectivity index (χ3v) is 7.46. The number of ether oxygens (including phenoxy) is 2. The second kappa shape index (κ2) is 10.1. The number of esters is 2. The lowest BCUT2D eigenvalue weighted by Gasteiger charge is -2.14. The van der Waals surface area contributed by atoms with Crippen LogP contribution in [-0.4, -0.2) is 30.7 Å². The predicted molar refractivity (Wildman–Crippen MR) is 151 cm³/mol. The molecule has 0 saturated heterocycles. The van der Waals surface area contributed by atoms with Crippen molar-refractivity contribution in [2.24, 2.45) is 0 Å². The van der Waals surface area contributed by atoms with Gasteiger partial charge in [0.15, 0.2) is 0 Å². The van der Waals surface area contributed by atoms with E-state index in [0.717, 1.165) is 23.2 Å². The molecule has 1 unspecified atom stereocenters. The fourth-order valence-corrected chi connectivity index (χ4v) is 5.67. The number of fused-ring (bicyclic) bond motifs is 3. The molecule has 0 saturated carbocycles. The van der Waals surface area contributed by atoms with Crippen molar-refractivity contribution in [2.45, 2.75) is 12.3 Å². The van der Waals surface area contributed by atoms with Gasteiger partial charge in [-0.2, -0.15) is 0 Å². The maximum absolute atomic E-state index is 13.1. The first-order valence-corrected chi connectivity index (χ1v) is 12.9. The van der Waals surface area contributed by atoms with Crippen molar-refractivity contribution in [3.8, 4) is 27.9 Å². The van der Waals surface area contributed by atoms with E-state index in [-0.39, 0.29) is 17.2 Å². The van der Waals surface area contributed by atoms with Gasteiger partial charge < -0.3 is 14.0 Å². The molecule has 0 radical (unpaired) electrons. The maximum Gasteiger partial charge on any atom is 0.355 e. The standard InChI is InChI=1S/C34H27NO4/c1-38-33(36)31-30(21-35(32(31)34(37)39-2)24-13-7-4-8-14-24)23-17-18-27-28(19-22-11-5-3-6-12-22)25-15-9-10-16-26(25)29(27)20-23/h3-18,20-21,28H,19H2,1-2H3. The van der Waals surface area contributed by atoms with Gasteiger partial charge in [-0.25, -0.2) is 9.59 Å². The lowest BCUT2D eigenvalue weighted by molar-refractivity contribution is 0.0550. The molecule has 6 rings (SSSR count). The summed E-state index contributed by atoms with van der Waals surface area (Å²) in [6.07, 6.45) is 2.71. The lowest BCUT2D eigenvalue weighted by atomic mass is 9.89. The van der Waals surface area contributed by atoms with Gasteiger partial charge in [0.2, 0.25) is 0 Å². The molecule has 5 aromatic rings. The Morgan fingerprint density at radius 3 is 2.05 bits per heavy atom. The van der Waals surface area contributed by atoms with E-state index in [0.29, 0.717) is 5.56 Å². The summed E-state index contributed by atoms with van der Waals surface area (Å²) in [4.78, 5) is 26.1. The Hall–Kier alpha value is -4.90. The molecule has 0 N–H and O–H groups in total. The molecule has 1 atom stereocenters. The van der Waals surface area contributed by atoms with Crippen LogP contribution < -0.4 is 0 Å². The molecule has 1 aliphatic rings. The second-order valence-electron chi connectivity index (χ2n) is 9.59. The van der Waals surface area contributed by atoms with Crippen LogP contribution in [0, 0.1) is 0 Å². The van der Waals surface area contributed by atoms with Gasteiger partial charge in [0, 0.05) is 23.4 Å². The van der Waals surface area contributed by atoms with Gasteiger partial charge >= 0.3 is 11.9 Å². The molecule has 1 heterocycles. The Labute approximate surface area is 227 Å². The summed E-state index contributed by atoms with van der Waals surface area (Å²) in [5, 5.41) is 0. The highest BCUT2D eigenvalue weighted by Gasteiger charge is 2.32. The lowest BCUT2D eigenvalue weighted by Crippen LogP contribution is -2.15. The molecule has 5 nitrogen and oxygen atoms in total. The Balaban J connectivity index is 1.54. The molecule has 1 aliphatic carbocycles. The average molecular weight is 514 g/mol. The SMILES string of the molecule is COC(=O)c1c(-c2ccc3c(c2)-c2ccccc2C3Cc2ccccc2)cn(-c2ccccc2)c1C(=O)OC. The molecular formula is C34H27NO4. The molecule has 5 heteroatoms. The summed E-state index contributed by atoms with van der Waals surface area (Å²) in [5.41, 5.74) is 8.62. The first kappa shape index (κ1) is 24.4. The zero-order chi connectivity index (χ0) is 26.9. The first-order valence-electron chi connectivity index (χ1n) is 12.9.